The highest BCUT2D eigenvalue weighted by atomic mass is 16.3. The van der Waals surface area contributed by atoms with Crippen molar-refractivity contribution in [3.63, 3.8) is 0 Å². The van der Waals surface area contributed by atoms with Crippen molar-refractivity contribution in [1.82, 2.24) is 21.7 Å². The highest BCUT2D eigenvalue weighted by molar-refractivity contribution is 6.00. The number of amides is 4. The minimum absolute atomic E-state index is 0.0793. The SMILES string of the molecule is CCCCCCCc1cccc(O)c1C(=O)NNC(=O)CCCC(CCCCCC)C(=O)NNC(=O)c1c(O)cccc1CCCCCCC. The molecule has 6 N–H and O–H groups in total. The van der Waals surface area contributed by atoms with Gasteiger partial charge in [0.15, 0.2) is 0 Å². The topological polar surface area (TPSA) is 157 Å². The number of hydrogen-bond acceptors (Lipinski definition) is 6. The van der Waals surface area contributed by atoms with Gasteiger partial charge in [0.2, 0.25) is 11.8 Å². The van der Waals surface area contributed by atoms with Crippen LogP contribution >= 0.6 is 0 Å². The molecule has 0 bridgehead atoms. The summed E-state index contributed by atoms with van der Waals surface area (Å²) >= 11 is 0. The van der Waals surface area contributed by atoms with Crippen molar-refractivity contribution in [2.75, 3.05) is 0 Å². The van der Waals surface area contributed by atoms with Crippen molar-refractivity contribution < 1.29 is 29.4 Å². The third kappa shape index (κ3) is 15.6. The summed E-state index contributed by atoms with van der Waals surface area (Å²) in [4.78, 5) is 52.0. The molecule has 0 saturated carbocycles. The maximum Gasteiger partial charge on any atom is 0.273 e. The van der Waals surface area contributed by atoms with Gasteiger partial charge in [-0.15, -0.1) is 0 Å². The van der Waals surface area contributed by atoms with E-state index in [1.807, 2.05) is 12.1 Å². The number of nitrogens with one attached hydrogen (secondary N) is 4. The normalized spacial score (nSPS) is 11.5. The molecule has 4 amide bonds. The number of aromatic hydroxyl groups is 2. The molecule has 2 rings (SSSR count). The van der Waals surface area contributed by atoms with Crippen LogP contribution in [0.5, 0.6) is 11.5 Å². The number of aryl methyl sites for hydroxylation is 2. The van der Waals surface area contributed by atoms with Gasteiger partial charge in [0, 0.05) is 12.3 Å². The van der Waals surface area contributed by atoms with Crippen molar-refractivity contribution in [2.45, 2.75) is 149 Å². The molecule has 10 heteroatoms. The highest BCUT2D eigenvalue weighted by Gasteiger charge is 2.22. The van der Waals surface area contributed by atoms with E-state index < -0.39 is 23.6 Å². The third-order valence-electron chi connectivity index (χ3n) is 9.16. The molecule has 278 valence electrons. The van der Waals surface area contributed by atoms with Gasteiger partial charge < -0.3 is 10.2 Å². The summed E-state index contributed by atoms with van der Waals surface area (Å²) < 4.78 is 0. The quantitative estimate of drug-likeness (QED) is 0.0482. The zero-order chi connectivity index (χ0) is 36.6. The van der Waals surface area contributed by atoms with Crippen molar-refractivity contribution in [3.05, 3.63) is 58.7 Å². The predicted octanol–water partition coefficient (Wildman–Crippen LogP) is 8.10. The van der Waals surface area contributed by atoms with Crippen LogP contribution in [0.25, 0.3) is 0 Å². The predicted molar refractivity (Wildman–Crippen MR) is 198 cm³/mol. The van der Waals surface area contributed by atoms with E-state index in [4.69, 9.17) is 0 Å². The molecule has 50 heavy (non-hydrogen) atoms. The molecule has 1 atom stereocenters. The van der Waals surface area contributed by atoms with E-state index in [9.17, 15) is 29.4 Å². The lowest BCUT2D eigenvalue weighted by Crippen LogP contribution is -2.45. The standard InChI is InChI=1S/C40H62N4O6/c1-4-7-10-13-16-21-30-24-18-27-33(45)36(30)39(49)43-41-35(47)29-20-26-32(23-15-12-9-6-3)38(48)42-44-40(50)37-31(25-19-28-34(37)46)22-17-14-11-8-5-2/h18-19,24-25,27-28,32,45-46H,4-17,20-23,26,29H2,1-3H3,(H,41,47)(H,42,48)(H,43,49)(H,44,50). The second-order valence-electron chi connectivity index (χ2n) is 13.3. The van der Waals surface area contributed by atoms with E-state index in [-0.39, 0.29) is 35.0 Å². The zero-order valence-electron chi connectivity index (χ0n) is 30.7. The highest BCUT2D eigenvalue weighted by Crippen LogP contribution is 2.25. The molecule has 2 aromatic rings. The lowest BCUT2D eigenvalue weighted by molar-refractivity contribution is -0.127. The summed E-state index contributed by atoms with van der Waals surface area (Å²) in [5.41, 5.74) is 11.8. The van der Waals surface area contributed by atoms with Gasteiger partial charge in [0.05, 0.1) is 11.1 Å². The van der Waals surface area contributed by atoms with Gasteiger partial charge in [-0.05, 0) is 68.2 Å². The van der Waals surface area contributed by atoms with Crippen molar-refractivity contribution in [2.24, 2.45) is 5.92 Å². The average molecular weight is 695 g/mol. The maximum absolute atomic E-state index is 13.3. The van der Waals surface area contributed by atoms with E-state index in [0.29, 0.717) is 32.1 Å². The largest absolute Gasteiger partial charge is 0.507 e. The van der Waals surface area contributed by atoms with Crippen LogP contribution in [0.3, 0.4) is 0 Å². The number of benzene rings is 2. The minimum atomic E-state index is -0.576. The Bertz CT molecular complexity index is 1330. The van der Waals surface area contributed by atoms with Gasteiger partial charge >= 0.3 is 0 Å². The molecule has 0 saturated heterocycles. The molecule has 10 nitrogen and oxygen atoms in total. The van der Waals surface area contributed by atoms with E-state index in [2.05, 4.69) is 42.5 Å². The smallest absolute Gasteiger partial charge is 0.273 e. The Morgan fingerprint density at radius 2 is 0.980 bits per heavy atom. The molecule has 0 radical (unpaired) electrons. The second-order valence-corrected chi connectivity index (χ2v) is 13.3. The summed E-state index contributed by atoms with van der Waals surface area (Å²) in [6.07, 6.45) is 17.5. The summed E-state index contributed by atoms with van der Waals surface area (Å²) in [7, 11) is 0. The number of rotatable bonds is 24. The Morgan fingerprint density at radius 3 is 1.48 bits per heavy atom. The fraction of sp³-hybridized carbons (Fsp3) is 0.600. The van der Waals surface area contributed by atoms with Gasteiger partial charge in [-0.3, -0.25) is 40.9 Å². The molecule has 0 fully saturated rings. The van der Waals surface area contributed by atoms with Crippen LogP contribution in [0.1, 0.15) is 168 Å². The van der Waals surface area contributed by atoms with Gasteiger partial charge in [-0.25, -0.2) is 0 Å². The third-order valence-corrected chi connectivity index (χ3v) is 9.16. The van der Waals surface area contributed by atoms with Gasteiger partial charge in [-0.1, -0.05) is 122 Å². The lowest BCUT2D eigenvalue weighted by atomic mass is 9.94. The molecule has 1 unspecified atom stereocenters. The van der Waals surface area contributed by atoms with Crippen molar-refractivity contribution in [1.29, 1.82) is 0 Å². The Balaban J connectivity index is 1.91. The van der Waals surface area contributed by atoms with Crippen LogP contribution in [0, 0.1) is 5.92 Å². The van der Waals surface area contributed by atoms with E-state index in [1.54, 1.807) is 12.1 Å². The van der Waals surface area contributed by atoms with Crippen LogP contribution in [-0.4, -0.2) is 33.8 Å². The molecule has 0 aliphatic heterocycles. The fourth-order valence-electron chi connectivity index (χ4n) is 6.22. The molecule has 0 heterocycles. The molecule has 0 aromatic heterocycles. The van der Waals surface area contributed by atoms with Crippen molar-refractivity contribution in [3.8, 4) is 11.5 Å². The second kappa shape index (κ2) is 25.0. The number of carbonyl (C=O) groups excluding carboxylic acids is 4. The van der Waals surface area contributed by atoms with E-state index in [1.165, 1.54) is 25.0 Å². The van der Waals surface area contributed by atoms with Crippen molar-refractivity contribution >= 4 is 23.6 Å². The minimum Gasteiger partial charge on any atom is -0.507 e. The zero-order valence-corrected chi connectivity index (χ0v) is 30.7. The molecule has 0 aliphatic carbocycles. The first-order chi connectivity index (χ1) is 24.2. The molecular weight excluding hydrogens is 632 g/mol. The average Bonchev–Trinajstić information content (AvgIpc) is 3.10. The lowest BCUT2D eigenvalue weighted by Gasteiger charge is -2.18. The first kappa shape index (κ1) is 42.1. The summed E-state index contributed by atoms with van der Waals surface area (Å²) in [5, 5.41) is 20.9. The number of hydrogen-bond donors (Lipinski definition) is 6. The Morgan fingerprint density at radius 1 is 0.540 bits per heavy atom. The van der Waals surface area contributed by atoms with Gasteiger partial charge in [0.1, 0.15) is 11.5 Å². The maximum atomic E-state index is 13.3. The number of unbranched alkanes of at least 4 members (excludes halogenated alkanes) is 11. The van der Waals surface area contributed by atoms with Crippen LogP contribution in [-0.2, 0) is 22.4 Å². The number of carbonyl (C=O) groups is 4. The van der Waals surface area contributed by atoms with Crippen LogP contribution < -0.4 is 21.7 Å². The number of phenols is 2. The number of hydrazine groups is 2. The van der Waals surface area contributed by atoms with Crippen LogP contribution in [0.2, 0.25) is 0 Å². The molecule has 0 aliphatic rings. The number of phenolic OH excluding ortho intramolecular Hbond substituents is 2. The van der Waals surface area contributed by atoms with Gasteiger partial charge in [-0.2, -0.15) is 0 Å². The van der Waals surface area contributed by atoms with E-state index in [0.717, 1.165) is 88.2 Å². The molecule has 0 spiro atoms. The molecular formula is C40H62N4O6. The summed E-state index contributed by atoms with van der Waals surface area (Å²) in [6, 6.07) is 10.0. The monoisotopic (exact) mass is 694 g/mol. The summed E-state index contributed by atoms with van der Waals surface area (Å²) in [6.45, 7) is 6.43. The molecule has 2 aromatic carbocycles. The Kier molecular flexibility index (Phi) is 21.0. The Labute approximate surface area is 299 Å². The fourth-order valence-corrected chi connectivity index (χ4v) is 6.22. The van der Waals surface area contributed by atoms with Gasteiger partial charge in [0.25, 0.3) is 11.8 Å². The van der Waals surface area contributed by atoms with E-state index >= 15 is 0 Å². The first-order valence-electron chi connectivity index (χ1n) is 19.0. The first-order valence-corrected chi connectivity index (χ1v) is 19.0. The Hall–Kier alpha value is -4.08. The summed E-state index contributed by atoms with van der Waals surface area (Å²) in [5.74, 6) is -2.59. The van der Waals surface area contributed by atoms with Crippen LogP contribution in [0.15, 0.2) is 36.4 Å². The van der Waals surface area contributed by atoms with Crippen LogP contribution in [0.4, 0.5) is 0 Å².